The summed E-state index contributed by atoms with van der Waals surface area (Å²) in [6.07, 6.45) is 0.672. The molecule has 0 aliphatic carbocycles. The van der Waals surface area contributed by atoms with Crippen LogP contribution in [0.25, 0.3) is 27.2 Å². The lowest BCUT2D eigenvalue weighted by atomic mass is 9.93. The maximum Gasteiger partial charge on any atom is 0.194 e. The number of hydrogen-bond acceptors (Lipinski definition) is 9. The summed E-state index contributed by atoms with van der Waals surface area (Å²) in [6.45, 7) is 1.71. The van der Waals surface area contributed by atoms with Gasteiger partial charge < -0.3 is 14.9 Å². The quantitative estimate of drug-likeness (QED) is 0.303. The number of aliphatic hydroxyl groups is 2. The van der Waals surface area contributed by atoms with Crippen LogP contribution in [0, 0.1) is 24.4 Å². The Balaban J connectivity index is 1.33. The summed E-state index contributed by atoms with van der Waals surface area (Å²) in [6, 6.07) is 6.71. The number of nitrogens with zero attached hydrogens (tertiary/aromatic N) is 7. The topological polar surface area (TPSA) is 124 Å². The van der Waals surface area contributed by atoms with Crippen LogP contribution in [-0.2, 0) is 4.74 Å². The van der Waals surface area contributed by atoms with E-state index >= 15 is 0 Å². The summed E-state index contributed by atoms with van der Waals surface area (Å²) in [5.41, 5.74) is 1.73. The van der Waals surface area contributed by atoms with Crippen molar-refractivity contribution in [1.29, 1.82) is 0 Å². The van der Waals surface area contributed by atoms with Gasteiger partial charge in [0, 0.05) is 18.6 Å². The number of hydrogen-bond donors (Lipinski definition) is 2. The highest BCUT2D eigenvalue weighted by molar-refractivity contribution is 7.18. The van der Waals surface area contributed by atoms with Gasteiger partial charge in [-0.05, 0) is 43.7 Å². The minimum absolute atomic E-state index is 0.00361. The Kier molecular flexibility index (Phi) is 6.62. The Morgan fingerprint density at radius 2 is 1.95 bits per heavy atom. The van der Waals surface area contributed by atoms with E-state index in [1.807, 2.05) is 25.1 Å². The van der Waals surface area contributed by atoms with E-state index in [2.05, 4.69) is 25.4 Å². The molecular formula is C25H22F3N7O3S. The Bertz CT molecular complexity index is 1630. The van der Waals surface area contributed by atoms with E-state index in [0.717, 1.165) is 33.0 Å². The second-order valence-electron chi connectivity index (χ2n) is 9.22. The van der Waals surface area contributed by atoms with Crippen molar-refractivity contribution >= 4 is 21.6 Å². The third-order valence-corrected chi connectivity index (χ3v) is 7.63. The minimum Gasteiger partial charge on any atom is -0.396 e. The zero-order chi connectivity index (χ0) is 27.3. The summed E-state index contributed by atoms with van der Waals surface area (Å²) in [4.78, 5) is 8.93. The summed E-state index contributed by atoms with van der Waals surface area (Å²) in [7, 11) is 0. The maximum atomic E-state index is 13.8. The first-order valence-corrected chi connectivity index (χ1v) is 12.9. The molecule has 1 saturated heterocycles. The molecule has 1 aliphatic rings. The Labute approximate surface area is 223 Å². The number of halogens is 3. The van der Waals surface area contributed by atoms with Crippen LogP contribution in [0.1, 0.15) is 35.8 Å². The molecular weight excluding hydrogens is 535 g/mol. The normalized spacial score (nSPS) is 21.6. The third kappa shape index (κ3) is 4.69. The number of ether oxygens (including phenoxy) is 1. The van der Waals surface area contributed by atoms with Crippen LogP contribution in [0.5, 0.6) is 0 Å². The highest BCUT2D eigenvalue weighted by Crippen LogP contribution is 2.39. The van der Waals surface area contributed by atoms with E-state index in [-0.39, 0.29) is 30.7 Å². The van der Waals surface area contributed by atoms with E-state index < -0.39 is 41.8 Å². The largest absolute Gasteiger partial charge is 0.396 e. The molecule has 0 amide bonds. The molecule has 10 nitrogen and oxygen atoms in total. The number of benzene rings is 2. The zero-order valence-corrected chi connectivity index (χ0v) is 21.3. The summed E-state index contributed by atoms with van der Waals surface area (Å²) in [5, 5.41) is 34.1. The molecule has 1 fully saturated rings. The van der Waals surface area contributed by atoms with Crippen LogP contribution in [0.4, 0.5) is 13.2 Å². The van der Waals surface area contributed by atoms with Gasteiger partial charge >= 0.3 is 0 Å². The SMILES string of the molecule is Cc1nc2ccc(-n3ncnc3[C@H]3C[C@@H](n4cc(-c5cc(F)c(F)c(F)c5)nn4)[C@@H](O)[C@@H](CCO)O3)cc2s1. The summed E-state index contributed by atoms with van der Waals surface area (Å²) in [5.74, 6) is -3.78. The Hall–Kier alpha value is -3.72. The van der Waals surface area contributed by atoms with Gasteiger partial charge in [0.1, 0.15) is 24.2 Å². The van der Waals surface area contributed by atoms with Crippen molar-refractivity contribution in [1.82, 2.24) is 34.7 Å². The average Bonchev–Trinajstić information content (AvgIpc) is 3.67. The smallest absolute Gasteiger partial charge is 0.194 e. The van der Waals surface area contributed by atoms with Crippen LogP contribution in [0.3, 0.4) is 0 Å². The second-order valence-corrected chi connectivity index (χ2v) is 10.5. The highest BCUT2D eigenvalue weighted by atomic mass is 32.1. The van der Waals surface area contributed by atoms with Crippen molar-refractivity contribution in [3.05, 3.63) is 71.1 Å². The fourth-order valence-corrected chi connectivity index (χ4v) is 5.71. The molecule has 39 heavy (non-hydrogen) atoms. The standard InChI is InChI=1S/C25H22F3N7O3S/c1-12-31-17-3-2-14(8-22(17)39-12)35-25(29-11-30-35)21-9-19(24(37)20(38-21)4-5-36)34-10-18(32-33-34)13-6-15(26)23(28)16(27)7-13/h2-3,6-8,10-11,19-21,24,36-37H,4-5,9H2,1H3/t19-,20-,21-,24-/m1/s1. The van der Waals surface area contributed by atoms with Gasteiger partial charge in [0.05, 0.1) is 39.3 Å². The first-order valence-electron chi connectivity index (χ1n) is 12.1. The number of aromatic nitrogens is 7. The van der Waals surface area contributed by atoms with Crippen molar-refractivity contribution in [2.45, 2.75) is 44.1 Å². The van der Waals surface area contributed by atoms with Crippen molar-refractivity contribution in [3.63, 3.8) is 0 Å². The predicted molar refractivity (Wildman–Crippen MR) is 134 cm³/mol. The fourth-order valence-electron chi connectivity index (χ4n) is 4.85. The lowest BCUT2D eigenvalue weighted by Gasteiger charge is -2.38. The minimum atomic E-state index is -1.57. The number of thiazole rings is 1. The van der Waals surface area contributed by atoms with E-state index in [4.69, 9.17) is 4.74 Å². The van der Waals surface area contributed by atoms with Crippen LogP contribution < -0.4 is 0 Å². The van der Waals surface area contributed by atoms with E-state index in [1.165, 1.54) is 17.2 Å². The first kappa shape index (κ1) is 25.6. The van der Waals surface area contributed by atoms with Gasteiger partial charge in [0.2, 0.25) is 0 Å². The molecule has 5 aromatic rings. The lowest BCUT2D eigenvalue weighted by Crippen LogP contribution is -2.44. The van der Waals surface area contributed by atoms with Crippen molar-refractivity contribution in [2.75, 3.05) is 6.61 Å². The Morgan fingerprint density at radius 3 is 2.72 bits per heavy atom. The third-order valence-electron chi connectivity index (χ3n) is 6.70. The second kappa shape index (κ2) is 10.1. The molecule has 4 atom stereocenters. The lowest BCUT2D eigenvalue weighted by molar-refractivity contribution is -0.152. The molecule has 4 heterocycles. The maximum absolute atomic E-state index is 13.8. The van der Waals surface area contributed by atoms with E-state index in [9.17, 15) is 23.4 Å². The summed E-state index contributed by atoms with van der Waals surface area (Å²) < 4.78 is 51.2. The van der Waals surface area contributed by atoms with Gasteiger partial charge in [0.15, 0.2) is 23.3 Å². The van der Waals surface area contributed by atoms with Crippen LogP contribution in [0.2, 0.25) is 0 Å². The first-order chi connectivity index (χ1) is 18.8. The van der Waals surface area contributed by atoms with Gasteiger partial charge in [-0.3, -0.25) is 0 Å². The average molecular weight is 558 g/mol. The van der Waals surface area contributed by atoms with Crippen molar-refractivity contribution in [3.8, 4) is 16.9 Å². The molecule has 2 aromatic carbocycles. The zero-order valence-electron chi connectivity index (χ0n) is 20.4. The molecule has 2 N–H and O–H groups in total. The summed E-state index contributed by atoms with van der Waals surface area (Å²) >= 11 is 1.56. The van der Waals surface area contributed by atoms with E-state index in [1.54, 1.807) is 16.0 Å². The van der Waals surface area contributed by atoms with E-state index in [0.29, 0.717) is 5.82 Å². The number of aryl methyl sites for hydroxylation is 1. The number of fused-ring (bicyclic) bond motifs is 1. The molecule has 0 spiro atoms. The monoisotopic (exact) mass is 557 g/mol. The predicted octanol–water partition coefficient (Wildman–Crippen LogP) is 3.68. The molecule has 0 radical (unpaired) electrons. The number of aliphatic hydroxyl groups excluding tert-OH is 2. The van der Waals surface area contributed by atoms with Crippen LogP contribution >= 0.6 is 11.3 Å². The molecule has 0 unspecified atom stereocenters. The molecule has 0 bridgehead atoms. The van der Waals surface area contributed by atoms with Gasteiger partial charge in [0.25, 0.3) is 0 Å². The van der Waals surface area contributed by atoms with Crippen LogP contribution in [-0.4, -0.2) is 63.8 Å². The van der Waals surface area contributed by atoms with Gasteiger partial charge in [-0.15, -0.1) is 16.4 Å². The van der Waals surface area contributed by atoms with Crippen LogP contribution in [0.15, 0.2) is 42.9 Å². The van der Waals surface area contributed by atoms with Gasteiger partial charge in [-0.25, -0.2) is 32.5 Å². The molecule has 1 aliphatic heterocycles. The van der Waals surface area contributed by atoms with Crippen molar-refractivity contribution in [2.24, 2.45) is 0 Å². The molecule has 14 heteroatoms. The van der Waals surface area contributed by atoms with Crippen molar-refractivity contribution < 1.29 is 28.1 Å². The highest BCUT2D eigenvalue weighted by Gasteiger charge is 2.41. The molecule has 0 saturated carbocycles. The Morgan fingerprint density at radius 1 is 1.15 bits per heavy atom. The van der Waals surface area contributed by atoms with Gasteiger partial charge in [-0.1, -0.05) is 5.21 Å². The molecule has 202 valence electrons. The fraction of sp³-hybridized carbons (Fsp3) is 0.320. The van der Waals surface area contributed by atoms with Gasteiger partial charge in [-0.2, -0.15) is 5.10 Å². The molecule has 3 aromatic heterocycles. The number of rotatable bonds is 6. The molecule has 6 rings (SSSR count).